The van der Waals surface area contributed by atoms with E-state index >= 15 is 0 Å². The molecule has 0 amide bonds. The highest BCUT2D eigenvalue weighted by atomic mass is 19.4. The highest BCUT2D eigenvalue weighted by molar-refractivity contribution is 5.83. The Labute approximate surface area is 116 Å². The molecule has 0 bridgehead atoms. The van der Waals surface area contributed by atoms with Gasteiger partial charge in [0.2, 0.25) is 0 Å². The molecule has 0 aliphatic rings. The molecule has 1 heterocycles. The molecule has 0 fully saturated rings. The zero-order valence-electron chi connectivity index (χ0n) is 11.5. The minimum atomic E-state index is -4.07. The van der Waals surface area contributed by atoms with Gasteiger partial charge in [0, 0.05) is 36.6 Å². The monoisotopic (exact) mass is 284 g/mol. The van der Waals surface area contributed by atoms with Crippen molar-refractivity contribution in [3.05, 3.63) is 36.0 Å². The van der Waals surface area contributed by atoms with Gasteiger partial charge in [0.15, 0.2) is 0 Å². The average molecular weight is 284 g/mol. The van der Waals surface area contributed by atoms with E-state index in [4.69, 9.17) is 0 Å². The fraction of sp³-hybridized carbons (Fsp3) is 0.467. The average Bonchev–Trinajstić information content (AvgIpc) is 2.79. The fourth-order valence-electron chi connectivity index (χ4n) is 2.35. The minimum absolute atomic E-state index is 0.116. The molecule has 110 valence electrons. The summed E-state index contributed by atoms with van der Waals surface area (Å²) in [5, 5.41) is 4.38. The Morgan fingerprint density at radius 3 is 2.70 bits per heavy atom. The van der Waals surface area contributed by atoms with Crippen LogP contribution >= 0.6 is 0 Å². The number of halogens is 3. The Morgan fingerprint density at radius 2 is 2.00 bits per heavy atom. The van der Waals surface area contributed by atoms with Crippen molar-refractivity contribution in [3.8, 4) is 0 Å². The van der Waals surface area contributed by atoms with Crippen molar-refractivity contribution in [2.75, 3.05) is 6.54 Å². The molecule has 0 spiro atoms. The molecule has 2 rings (SSSR count). The minimum Gasteiger partial charge on any atom is -0.347 e. The topological polar surface area (TPSA) is 17.0 Å². The summed E-state index contributed by atoms with van der Waals surface area (Å²) in [7, 11) is 0. The summed E-state index contributed by atoms with van der Waals surface area (Å²) in [4.78, 5) is 0. The zero-order chi connectivity index (χ0) is 14.6. The van der Waals surface area contributed by atoms with Gasteiger partial charge in [-0.1, -0.05) is 19.1 Å². The Bertz CT molecular complexity index is 558. The molecule has 20 heavy (non-hydrogen) atoms. The molecule has 5 heteroatoms. The number of aryl methyl sites for hydroxylation is 1. The summed E-state index contributed by atoms with van der Waals surface area (Å²) >= 11 is 0. The van der Waals surface area contributed by atoms with Crippen LogP contribution in [0, 0.1) is 0 Å². The van der Waals surface area contributed by atoms with Crippen LogP contribution in [0.3, 0.4) is 0 Å². The first-order chi connectivity index (χ1) is 9.51. The maximum absolute atomic E-state index is 12.2. The van der Waals surface area contributed by atoms with Crippen molar-refractivity contribution >= 4 is 10.9 Å². The number of hydrogen-bond acceptors (Lipinski definition) is 1. The predicted octanol–water partition coefficient (Wildman–Crippen LogP) is 4.09. The van der Waals surface area contributed by atoms with E-state index in [2.05, 4.69) is 5.32 Å². The number of rotatable bonds is 6. The van der Waals surface area contributed by atoms with Gasteiger partial charge in [-0.15, -0.1) is 0 Å². The summed E-state index contributed by atoms with van der Waals surface area (Å²) in [6, 6.07) is 7.94. The number of nitrogens with zero attached hydrogens (tertiary/aromatic N) is 1. The number of aromatic nitrogens is 1. The Morgan fingerprint density at radius 1 is 1.20 bits per heavy atom. The number of fused-ring (bicyclic) bond motifs is 1. The lowest BCUT2D eigenvalue weighted by molar-refractivity contribution is -0.135. The molecule has 0 saturated heterocycles. The maximum Gasteiger partial charge on any atom is 0.389 e. The zero-order valence-corrected chi connectivity index (χ0v) is 11.5. The van der Waals surface area contributed by atoms with E-state index < -0.39 is 12.6 Å². The third kappa shape index (κ3) is 3.76. The van der Waals surface area contributed by atoms with Crippen LogP contribution < -0.4 is 5.32 Å². The van der Waals surface area contributed by atoms with Crippen LogP contribution in [0.2, 0.25) is 0 Å². The largest absolute Gasteiger partial charge is 0.389 e. The lowest BCUT2D eigenvalue weighted by Gasteiger charge is -2.09. The molecule has 1 aromatic heterocycles. The fourth-order valence-corrected chi connectivity index (χ4v) is 2.35. The standard InChI is InChI=1S/C15H19F3N2/c1-2-19-11-12-5-3-6-14-13(12)7-10-20(14)9-4-8-15(16,17)18/h3,5-7,10,19H,2,4,8-9,11H2,1H3. The smallest absolute Gasteiger partial charge is 0.347 e. The molecule has 0 atom stereocenters. The molecule has 2 nitrogen and oxygen atoms in total. The molecule has 1 aromatic carbocycles. The van der Waals surface area contributed by atoms with Crippen LogP contribution in [0.15, 0.2) is 30.5 Å². The van der Waals surface area contributed by atoms with Crippen LogP contribution in [0.5, 0.6) is 0 Å². The molecular formula is C15H19F3N2. The summed E-state index contributed by atoms with van der Waals surface area (Å²) in [5.74, 6) is 0. The quantitative estimate of drug-likeness (QED) is 0.845. The lowest BCUT2D eigenvalue weighted by Crippen LogP contribution is -2.11. The van der Waals surface area contributed by atoms with Gasteiger partial charge >= 0.3 is 6.18 Å². The molecule has 0 unspecified atom stereocenters. The molecule has 0 aliphatic carbocycles. The molecule has 1 N–H and O–H groups in total. The van der Waals surface area contributed by atoms with E-state index in [0.717, 1.165) is 24.0 Å². The summed E-state index contributed by atoms with van der Waals surface area (Å²) in [5.41, 5.74) is 2.18. The van der Waals surface area contributed by atoms with Gasteiger partial charge in [-0.25, -0.2) is 0 Å². The van der Waals surface area contributed by atoms with Gasteiger partial charge in [-0.05, 0) is 30.7 Å². The third-order valence-corrected chi connectivity index (χ3v) is 3.33. The molecule has 0 radical (unpaired) electrons. The molecular weight excluding hydrogens is 265 g/mol. The normalized spacial score (nSPS) is 12.2. The number of nitrogens with one attached hydrogen (secondary N) is 1. The van der Waals surface area contributed by atoms with Crippen molar-refractivity contribution in [1.29, 1.82) is 0 Å². The van der Waals surface area contributed by atoms with Crippen molar-refractivity contribution < 1.29 is 13.2 Å². The van der Waals surface area contributed by atoms with Gasteiger partial charge in [-0.2, -0.15) is 13.2 Å². The van der Waals surface area contributed by atoms with E-state index in [9.17, 15) is 13.2 Å². The van der Waals surface area contributed by atoms with Gasteiger partial charge < -0.3 is 9.88 Å². The second-order valence-corrected chi connectivity index (χ2v) is 4.86. The van der Waals surface area contributed by atoms with Crippen molar-refractivity contribution in [2.45, 2.75) is 39.0 Å². The predicted molar refractivity (Wildman–Crippen MR) is 74.6 cm³/mol. The first-order valence-electron chi connectivity index (χ1n) is 6.85. The molecule has 0 aliphatic heterocycles. The maximum atomic E-state index is 12.2. The number of hydrogen-bond donors (Lipinski definition) is 1. The molecule has 2 aromatic rings. The first kappa shape index (κ1) is 14.9. The van der Waals surface area contributed by atoms with E-state index in [1.165, 1.54) is 5.56 Å². The van der Waals surface area contributed by atoms with E-state index in [0.29, 0.717) is 6.54 Å². The second-order valence-electron chi connectivity index (χ2n) is 4.86. The van der Waals surface area contributed by atoms with E-state index in [1.54, 1.807) is 0 Å². The van der Waals surface area contributed by atoms with Gasteiger partial charge in [-0.3, -0.25) is 0 Å². The lowest BCUT2D eigenvalue weighted by atomic mass is 10.1. The van der Waals surface area contributed by atoms with Gasteiger partial charge in [0.05, 0.1) is 0 Å². The third-order valence-electron chi connectivity index (χ3n) is 3.33. The van der Waals surface area contributed by atoms with Crippen LogP contribution in [0.25, 0.3) is 10.9 Å². The van der Waals surface area contributed by atoms with Crippen LogP contribution in [-0.2, 0) is 13.1 Å². The summed E-state index contributed by atoms with van der Waals surface area (Å²) in [6.45, 7) is 4.11. The number of alkyl halides is 3. The second kappa shape index (κ2) is 6.31. The van der Waals surface area contributed by atoms with Crippen molar-refractivity contribution in [1.82, 2.24) is 9.88 Å². The van der Waals surface area contributed by atoms with Crippen LogP contribution in [0.4, 0.5) is 13.2 Å². The first-order valence-corrected chi connectivity index (χ1v) is 6.85. The highest BCUT2D eigenvalue weighted by Crippen LogP contribution is 2.24. The summed E-state index contributed by atoms with van der Waals surface area (Å²) in [6.07, 6.45) is -2.82. The van der Waals surface area contributed by atoms with Gasteiger partial charge in [0.25, 0.3) is 0 Å². The number of benzene rings is 1. The molecule has 0 saturated carbocycles. The Hall–Kier alpha value is -1.49. The van der Waals surface area contributed by atoms with Gasteiger partial charge in [0.1, 0.15) is 0 Å². The van der Waals surface area contributed by atoms with Crippen LogP contribution in [-0.4, -0.2) is 17.3 Å². The van der Waals surface area contributed by atoms with Crippen molar-refractivity contribution in [3.63, 3.8) is 0 Å². The van der Waals surface area contributed by atoms with E-state index in [1.807, 2.05) is 42.0 Å². The van der Waals surface area contributed by atoms with Crippen LogP contribution in [0.1, 0.15) is 25.3 Å². The highest BCUT2D eigenvalue weighted by Gasteiger charge is 2.26. The van der Waals surface area contributed by atoms with E-state index in [-0.39, 0.29) is 6.42 Å². The van der Waals surface area contributed by atoms with Crippen molar-refractivity contribution in [2.24, 2.45) is 0 Å². The Balaban J connectivity index is 2.11. The SMILES string of the molecule is CCNCc1cccc2c1ccn2CCCC(F)(F)F. The summed E-state index contributed by atoms with van der Waals surface area (Å²) < 4.78 is 38.5. The Kier molecular flexibility index (Phi) is 4.70.